The molecule has 3 nitrogen and oxygen atoms in total. The number of methoxy groups -OCH3 is 1. The van der Waals surface area contributed by atoms with Crippen molar-refractivity contribution in [2.75, 3.05) is 13.7 Å². The van der Waals surface area contributed by atoms with Gasteiger partial charge in [0, 0.05) is 0 Å². The van der Waals surface area contributed by atoms with Crippen LogP contribution in [0.25, 0.3) is 0 Å². The molecule has 0 aromatic heterocycles. The zero-order valence-electron chi connectivity index (χ0n) is 10.8. The van der Waals surface area contributed by atoms with Crippen LogP contribution in [0, 0.1) is 0 Å². The van der Waals surface area contributed by atoms with Gasteiger partial charge in [0.1, 0.15) is 0 Å². The molecule has 0 spiro atoms. The van der Waals surface area contributed by atoms with E-state index in [-0.39, 0.29) is 4.71 Å². The molecule has 1 amide bonds. The number of amides is 1. The topological polar surface area (TPSA) is 29.5 Å². The van der Waals surface area contributed by atoms with Gasteiger partial charge in [-0.25, -0.2) is 0 Å². The van der Waals surface area contributed by atoms with Crippen LogP contribution in [0.2, 0.25) is 4.71 Å². The molecule has 1 heterocycles. The summed E-state index contributed by atoms with van der Waals surface area (Å²) < 4.78 is 5.37. The summed E-state index contributed by atoms with van der Waals surface area (Å²) in [5.41, 5.74) is 1.17. The third-order valence-electron chi connectivity index (χ3n) is 3.35. The summed E-state index contributed by atoms with van der Waals surface area (Å²) in [6.45, 7) is 1.62. The summed E-state index contributed by atoms with van der Waals surface area (Å²) in [6, 6.07) is 7.97. The van der Waals surface area contributed by atoms with Crippen LogP contribution in [-0.4, -0.2) is 41.3 Å². The molecule has 1 aromatic carbocycles. The number of carbonyl (C=O) groups is 1. The van der Waals surface area contributed by atoms with Crippen LogP contribution in [0.5, 0.6) is 5.75 Å². The van der Waals surface area contributed by atoms with E-state index in [1.807, 2.05) is 29.2 Å². The third kappa shape index (κ3) is 3.29. The molecule has 1 aromatic rings. The van der Waals surface area contributed by atoms with Gasteiger partial charge in [-0.15, -0.1) is 0 Å². The normalized spacial score (nSPS) is 20.7. The fraction of sp³-hybridized carbons (Fsp3) is 0.500. The molecule has 1 fully saturated rings. The Kier molecular flexibility index (Phi) is 4.71. The molecule has 1 saturated heterocycles. The second-order valence-corrected chi connectivity index (χ2v) is 6.40. The van der Waals surface area contributed by atoms with Crippen molar-refractivity contribution in [2.24, 2.45) is 0 Å². The average Bonchev–Trinajstić information content (AvgIpc) is 2.55. The van der Waals surface area contributed by atoms with Gasteiger partial charge in [0.05, 0.1) is 0 Å². The predicted octanol–water partition coefficient (Wildman–Crippen LogP) is 1.63. The number of hydrogen-bond donors (Lipinski definition) is 0. The van der Waals surface area contributed by atoms with Gasteiger partial charge in [-0.1, -0.05) is 0 Å². The standard InChI is InChI=1S/C14H20AsNO2/c1-18-12-7-5-11(6-8-12)10-16-9-3-2-4-13(15)14(16)17/h5-8,13H,2-4,9-10,15H2,1H3/t13-/m1/s1. The summed E-state index contributed by atoms with van der Waals surface area (Å²) in [4.78, 5) is 14.2. The van der Waals surface area contributed by atoms with Crippen LogP contribution < -0.4 is 4.74 Å². The molecule has 18 heavy (non-hydrogen) atoms. The molecule has 0 saturated carbocycles. The minimum atomic E-state index is 0.234. The Labute approximate surface area is 117 Å². The molecule has 0 aliphatic carbocycles. The van der Waals surface area contributed by atoms with Gasteiger partial charge in [0.2, 0.25) is 0 Å². The molecular weight excluding hydrogens is 289 g/mol. The summed E-state index contributed by atoms with van der Waals surface area (Å²) >= 11 is 1.56. The maximum atomic E-state index is 12.2. The molecule has 1 aliphatic rings. The van der Waals surface area contributed by atoms with Crippen molar-refractivity contribution in [1.29, 1.82) is 0 Å². The number of benzene rings is 1. The third-order valence-corrected chi connectivity index (χ3v) is 4.65. The number of carbonyl (C=O) groups excluding carboxylic acids is 1. The van der Waals surface area contributed by atoms with Crippen LogP contribution in [0.15, 0.2) is 24.3 Å². The van der Waals surface area contributed by atoms with E-state index in [9.17, 15) is 4.79 Å². The van der Waals surface area contributed by atoms with Crippen molar-refractivity contribution < 1.29 is 9.53 Å². The molecular formula is C14H20AsNO2. The van der Waals surface area contributed by atoms with Crippen LogP contribution >= 0.6 is 0 Å². The number of ether oxygens (including phenoxy) is 1. The number of hydrogen-bond acceptors (Lipinski definition) is 2. The first-order chi connectivity index (χ1) is 8.70. The van der Waals surface area contributed by atoms with Crippen molar-refractivity contribution >= 4 is 22.8 Å². The van der Waals surface area contributed by atoms with Gasteiger partial charge in [-0.3, -0.25) is 0 Å². The molecule has 0 radical (unpaired) electrons. The van der Waals surface area contributed by atoms with Gasteiger partial charge in [-0.05, 0) is 0 Å². The molecule has 2 rings (SSSR count). The van der Waals surface area contributed by atoms with Crippen molar-refractivity contribution in [3.8, 4) is 5.75 Å². The second kappa shape index (κ2) is 6.28. The Balaban J connectivity index is 2.04. The summed E-state index contributed by atoms with van der Waals surface area (Å²) in [5.74, 6) is 1.18. The summed E-state index contributed by atoms with van der Waals surface area (Å²) in [6.07, 6.45) is 3.36. The predicted molar refractivity (Wildman–Crippen MR) is 74.6 cm³/mol. The first-order valence-electron chi connectivity index (χ1n) is 6.38. The van der Waals surface area contributed by atoms with E-state index in [4.69, 9.17) is 4.74 Å². The molecule has 4 heteroatoms. The van der Waals surface area contributed by atoms with E-state index >= 15 is 0 Å². The van der Waals surface area contributed by atoms with Gasteiger partial charge >= 0.3 is 117 Å². The van der Waals surface area contributed by atoms with E-state index in [1.54, 1.807) is 24.0 Å². The monoisotopic (exact) mass is 309 g/mol. The zero-order chi connectivity index (χ0) is 13.0. The van der Waals surface area contributed by atoms with E-state index in [1.165, 1.54) is 12.0 Å². The van der Waals surface area contributed by atoms with Crippen molar-refractivity contribution in [3.05, 3.63) is 29.8 Å². The van der Waals surface area contributed by atoms with Crippen molar-refractivity contribution in [3.63, 3.8) is 0 Å². The number of likely N-dealkylation sites (tertiary alicyclic amines) is 1. The van der Waals surface area contributed by atoms with Gasteiger partial charge in [0.25, 0.3) is 0 Å². The van der Waals surface area contributed by atoms with E-state index in [0.29, 0.717) is 5.91 Å². The molecule has 1 aliphatic heterocycles. The zero-order valence-corrected chi connectivity index (χ0v) is 13.2. The Morgan fingerprint density at radius 2 is 2.06 bits per heavy atom. The Morgan fingerprint density at radius 3 is 2.72 bits per heavy atom. The minimum absolute atomic E-state index is 0.234. The fourth-order valence-corrected chi connectivity index (χ4v) is 3.18. The van der Waals surface area contributed by atoms with Crippen LogP contribution in [0.1, 0.15) is 24.8 Å². The Hall–Kier alpha value is -0.952. The van der Waals surface area contributed by atoms with Gasteiger partial charge in [-0.2, -0.15) is 0 Å². The summed E-state index contributed by atoms with van der Waals surface area (Å²) in [7, 11) is 1.66. The Morgan fingerprint density at radius 1 is 1.33 bits per heavy atom. The van der Waals surface area contributed by atoms with Gasteiger partial charge < -0.3 is 0 Å². The first-order valence-corrected chi connectivity index (χ1v) is 7.78. The first kappa shape index (κ1) is 13.5. The van der Waals surface area contributed by atoms with Crippen molar-refractivity contribution in [2.45, 2.75) is 30.5 Å². The average molecular weight is 309 g/mol. The molecule has 1 unspecified atom stereocenters. The molecule has 0 N–H and O–H groups in total. The second-order valence-electron chi connectivity index (χ2n) is 4.71. The Bertz CT molecular complexity index is 405. The molecule has 0 bridgehead atoms. The fourth-order valence-electron chi connectivity index (χ4n) is 2.24. The summed E-state index contributed by atoms with van der Waals surface area (Å²) in [5, 5.41) is 0. The van der Waals surface area contributed by atoms with Crippen LogP contribution in [-0.2, 0) is 11.3 Å². The van der Waals surface area contributed by atoms with E-state index < -0.39 is 0 Å². The maximum absolute atomic E-state index is 12.2. The number of rotatable bonds is 3. The van der Waals surface area contributed by atoms with Crippen LogP contribution in [0.4, 0.5) is 0 Å². The SMILES string of the molecule is COc1ccc(CN2CCCC[C@@H]([AsH2])C2=O)cc1. The van der Waals surface area contributed by atoms with Gasteiger partial charge in [0.15, 0.2) is 0 Å². The van der Waals surface area contributed by atoms with E-state index in [2.05, 4.69) is 0 Å². The van der Waals surface area contributed by atoms with Crippen LogP contribution in [0.3, 0.4) is 0 Å². The number of nitrogens with zero attached hydrogens (tertiary/aromatic N) is 1. The molecule has 2 atom stereocenters. The van der Waals surface area contributed by atoms with Crippen molar-refractivity contribution in [1.82, 2.24) is 4.90 Å². The van der Waals surface area contributed by atoms with E-state index in [0.717, 1.165) is 31.7 Å². The molecule has 98 valence electrons. The quantitative estimate of drug-likeness (QED) is 0.794.